The number of halogens is 2. The van der Waals surface area contributed by atoms with Crippen LogP contribution in [0, 0.1) is 5.82 Å². The molecule has 1 fully saturated rings. The fourth-order valence-corrected chi connectivity index (χ4v) is 5.03. The first kappa shape index (κ1) is 24.1. The smallest absolute Gasteiger partial charge is 0.258 e. The zero-order chi connectivity index (χ0) is 25.2. The number of carbonyl (C=O) groups excluding carboxylic acids is 3. The predicted molar refractivity (Wildman–Crippen MR) is 139 cm³/mol. The SMILES string of the molecule is O=C1CC(c2ccc(F)cc2)N(C(=O)c2cccc(Br)c2)c2ccc(C(=O)N3CCNCC3)cc2N1. The fourth-order valence-electron chi connectivity index (χ4n) is 4.63. The summed E-state index contributed by atoms with van der Waals surface area (Å²) in [5.74, 6) is -1.15. The Hall–Kier alpha value is -3.56. The van der Waals surface area contributed by atoms with Crippen LogP contribution < -0.4 is 15.5 Å². The van der Waals surface area contributed by atoms with Crippen molar-refractivity contribution in [1.29, 1.82) is 0 Å². The van der Waals surface area contributed by atoms with Gasteiger partial charge in [0.1, 0.15) is 5.82 Å². The zero-order valence-corrected chi connectivity index (χ0v) is 20.9. The van der Waals surface area contributed by atoms with Gasteiger partial charge in [0.15, 0.2) is 0 Å². The second-order valence-corrected chi connectivity index (χ2v) is 9.69. The third-order valence-electron chi connectivity index (χ3n) is 6.42. The summed E-state index contributed by atoms with van der Waals surface area (Å²) >= 11 is 3.42. The van der Waals surface area contributed by atoms with E-state index in [4.69, 9.17) is 0 Å². The summed E-state index contributed by atoms with van der Waals surface area (Å²) in [5.41, 5.74) is 2.35. The summed E-state index contributed by atoms with van der Waals surface area (Å²) in [6, 6.07) is 17.1. The molecule has 36 heavy (non-hydrogen) atoms. The minimum Gasteiger partial charge on any atom is -0.336 e. The van der Waals surface area contributed by atoms with Gasteiger partial charge in [-0.3, -0.25) is 19.3 Å². The molecule has 0 spiro atoms. The van der Waals surface area contributed by atoms with Crippen molar-refractivity contribution in [2.24, 2.45) is 0 Å². The number of amides is 3. The van der Waals surface area contributed by atoms with Crippen molar-refractivity contribution in [1.82, 2.24) is 10.2 Å². The average molecular weight is 551 g/mol. The Morgan fingerprint density at radius 1 is 0.917 bits per heavy atom. The lowest BCUT2D eigenvalue weighted by Gasteiger charge is -2.31. The molecular weight excluding hydrogens is 527 g/mol. The molecule has 0 saturated carbocycles. The number of anilines is 2. The lowest BCUT2D eigenvalue weighted by atomic mass is 9.99. The Balaban J connectivity index is 1.60. The fraction of sp³-hybridized carbons (Fsp3) is 0.222. The number of benzene rings is 3. The molecule has 2 N–H and O–H groups in total. The van der Waals surface area contributed by atoms with Gasteiger partial charge in [0.05, 0.1) is 23.8 Å². The summed E-state index contributed by atoms with van der Waals surface area (Å²) in [6.07, 6.45) is -0.0267. The van der Waals surface area contributed by atoms with E-state index in [9.17, 15) is 18.8 Å². The standard InChI is InChI=1S/C27H24BrFN4O3/c28-20-3-1-2-18(14-20)27(36)33-23-9-6-19(26(35)32-12-10-30-11-13-32)15-22(23)31-25(34)16-24(33)17-4-7-21(29)8-5-17/h1-9,14-15,24,30H,10-13,16H2,(H,31,34). The molecule has 9 heteroatoms. The Morgan fingerprint density at radius 2 is 1.64 bits per heavy atom. The van der Waals surface area contributed by atoms with E-state index in [-0.39, 0.29) is 24.1 Å². The maximum Gasteiger partial charge on any atom is 0.258 e. The Labute approximate surface area is 216 Å². The molecule has 2 aliphatic heterocycles. The minimum absolute atomic E-state index is 0.0267. The molecule has 2 aliphatic rings. The number of nitrogens with one attached hydrogen (secondary N) is 2. The van der Waals surface area contributed by atoms with E-state index in [2.05, 4.69) is 26.6 Å². The van der Waals surface area contributed by atoms with Crippen molar-refractivity contribution >= 4 is 45.0 Å². The van der Waals surface area contributed by atoms with Crippen molar-refractivity contribution < 1.29 is 18.8 Å². The molecule has 2 heterocycles. The average Bonchev–Trinajstić information content (AvgIpc) is 3.04. The number of carbonyl (C=O) groups is 3. The van der Waals surface area contributed by atoms with Crippen LogP contribution in [0.25, 0.3) is 0 Å². The van der Waals surface area contributed by atoms with Crippen molar-refractivity contribution in [2.45, 2.75) is 12.5 Å². The number of nitrogens with zero attached hydrogens (tertiary/aromatic N) is 2. The van der Waals surface area contributed by atoms with Crippen LogP contribution in [0.15, 0.2) is 71.2 Å². The molecule has 7 nitrogen and oxygen atoms in total. The number of piperazine rings is 1. The first-order valence-corrected chi connectivity index (χ1v) is 12.5. The van der Waals surface area contributed by atoms with E-state index >= 15 is 0 Å². The molecule has 184 valence electrons. The van der Waals surface area contributed by atoms with Crippen LogP contribution in [-0.4, -0.2) is 48.8 Å². The van der Waals surface area contributed by atoms with Crippen molar-refractivity contribution in [2.75, 3.05) is 36.4 Å². The Morgan fingerprint density at radius 3 is 2.36 bits per heavy atom. The lowest BCUT2D eigenvalue weighted by molar-refractivity contribution is -0.116. The van der Waals surface area contributed by atoms with Crippen LogP contribution in [0.3, 0.4) is 0 Å². The molecule has 0 radical (unpaired) electrons. The van der Waals surface area contributed by atoms with E-state index < -0.39 is 11.9 Å². The van der Waals surface area contributed by atoms with Crippen molar-refractivity contribution in [3.63, 3.8) is 0 Å². The minimum atomic E-state index is -0.673. The van der Waals surface area contributed by atoms with Crippen LogP contribution in [-0.2, 0) is 4.79 Å². The Kier molecular flexibility index (Phi) is 6.84. The summed E-state index contributed by atoms with van der Waals surface area (Å²) < 4.78 is 14.4. The molecule has 0 aromatic heterocycles. The van der Waals surface area contributed by atoms with Gasteiger partial charge in [0, 0.05) is 41.8 Å². The third kappa shape index (κ3) is 4.89. The number of hydrogen-bond acceptors (Lipinski definition) is 4. The van der Waals surface area contributed by atoms with Gasteiger partial charge in [-0.2, -0.15) is 0 Å². The highest BCUT2D eigenvalue weighted by atomic mass is 79.9. The number of fused-ring (bicyclic) bond motifs is 1. The van der Waals surface area contributed by atoms with Crippen LogP contribution >= 0.6 is 15.9 Å². The van der Waals surface area contributed by atoms with Gasteiger partial charge in [0.2, 0.25) is 5.91 Å². The highest BCUT2D eigenvalue weighted by Gasteiger charge is 2.35. The third-order valence-corrected chi connectivity index (χ3v) is 6.91. The highest BCUT2D eigenvalue weighted by molar-refractivity contribution is 9.10. The first-order chi connectivity index (χ1) is 17.4. The molecule has 0 bridgehead atoms. The van der Waals surface area contributed by atoms with E-state index in [0.29, 0.717) is 41.2 Å². The lowest BCUT2D eigenvalue weighted by Crippen LogP contribution is -2.46. The second kappa shape index (κ2) is 10.2. The highest BCUT2D eigenvalue weighted by Crippen LogP contribution is 2.40. The molecule has 3 amide bonds. The zero-order valence-electron chi connectivity index (χ0n) is 19.3. The van der Waals surface area contributed by atoms with Gasteiger partial charge < -0.3 is 15.5 Å². The van der Waals surface area contributed by atoms with Crippen LogP contribution in [0.2, 0.25) is 0 Å². The van der Waals surface area contributed by atoms with Gasteiger partial charge in [-0.25, -0.2) is 4.39 Å². The molecule has 1 unspecified atom stereocenters. The quantitative estimate of drug-likeness (QED) is 0.507. The van der Waals surface area contributed by atoms with E-state index in [1.54, 1.807) is 58.3 Å². The summed E-state index contributed by atoms with van der Waals surface area (Å²) in [6.45, 7) is 2.65. The molecule has 3 aromatic carbocycles. The molecule has 5 rings (SSSR count). The van der Waals surface area contributed by atoms with Crippen LogP contribution in [0.4, 0.5) is 15.8 Å². The normalized spacial score (nSPS) is 17.7. The summed E-state index contributed by atoms with van der Waals surface area (Å²) in [5, 5.41) is 6.10. The molecule has 3 aromatic rings. The second-order valence-electron chi connectivity index (χ2n) is 8.78. The van der Waals surface area contributed by atoms with Gasteiger partial charge in [-0.1, -0.05) is 34.1 Å². The maximum absolute atomic E-state index is 13.9. The van der Waals surface area contributed by atoms with Crippen molar-refractivity contribution in [3.05, 3.63) is 93.7 Å². The molecule has 0 aliphatic carbocycles. The topological polar surface area (TPSA) is 81.8 Å². The van der Waals surface area contributed by atoms with Gasteiger partial charge >= 0.3 is 0 Å². The molecular formula is C27H24BrFN4O3. The van der Waals surface area contributed by atoms with Gasteiger partial charge in [-0.15, -0.1) is 0 Å². The first-order valence-electron chi connectivity index (χ1n) is 11.7. The van der Waals surface area contributed by atoms with E-state index in [0.717, 1.165) is 17.6 Å². The number of hydrogen-bond donors (Lipinski definition) is 2. The summed E-state index contributed by atoms with van der Waals surface area (Å²) in [7, 11) is 0. The van der Waals surface area contributed by atoms with Crippen molar-refractivity contribution in [3.8, 4) is 0 Å². The molecule has 1 saturated heterocycles. The van der Waals surface area contributed by atoms with Gasteiger partial charge in [0.25, 0.3) is 11.8 Å². The monoisotopic (exact) mass is 550 g/mol. The van der Waals surface area contributed by atoms with Crippen LogP contribution in [0.5, 0.6) is 0 Å². The number of rotatable bonds is 3. The van der Waals surface area contributed by atoms with Crippen LogP contribution in [0.1, 0.15) is 38.7 Å². The largest absolute Gasteiger partial charge is 0.336 e. The predicted octanol–water partition coefficient (Wildman–Crippen LogP) is 4.36. The maximum atomic E-state index is 13.9. The van der Waals surface area contributed by atoms with E-state index in [1.807, 2.05) is 6.07 Å². The van der Waals surface area contributed by atoms with E-state index in [1.165, 1.54) is 12.1 Å². The Bertz CT molecular complexity index is 1320. The van der Waals surface area contributed by atoms with Gasteiger partial charge in [-0.05, 0) is 54.1 Å². The molecule has 1 atom stereocenters. The summed E-state index contributed by atoms with van der Waals surface area (Å²) in [4.78, 5) is 43.3.